The Morgan fingerprint density at radius 2 is 1.25 bits per heavy atom. The van der Waals surface area contributed by atoms with Crippen LogP contribution >= 0.6 is 0 Å². The van der Waals surface area contributed by atoms with Crippen molar-refractivity contribution in [2.45, 2.75) is 47.5 Å². The van der Waals surface area contributed by atoms with Gasteiger partial charge in [-0.2, -0.15) is 0 Å². The van der Waals surface area contributed by atoms with Crippen molar-refractivity contribution in [2.24, 2.45) is 25.9 Å². The lowest BCUT2D eigenvalue weighted by atomic mass is 10.00. The van der Waals surface area contributed by atoms with Gasteiger partial charge in [-0.05, 0) is 68.0 Å². The van der Waals surface area contributed by atoms with E-state index in [4.69, 9.17) is 5.11 Å². The molecule has 0 aliphatic rings. The number of carbonyl (C=O) groups is 1. The van der Waals surface area contributed by atoms with Crippen LogP contribution in [0.5, 0.6) is 0 Å². The molecule has 2 aromatic heterocycles. The summed E-state index contributed by atoms with van der Waals surface area (Å²) in [6.07, 6.45) is 6.05. The number of hydrogen-bond acceptors (Lipinski definition) is 1. The second-order valence-corrected chi connectivity index (χ2v) is 9.61. The number of aromatic nitrogens is 2. The highest BCUT2D eigenvalue weighted by atomic mass is 16.4. The third-order valence-corrected chi connectivity index (χ3v) is 6.03. The normalized spacial score (nSPS) is 12.2. The van der Waals surface area contributed by atoms with Gasteiger partial charge in [0.15, 0.2) is 0 Å². The maximum atomic E-state index is 10.9. The molecule has 1 N–H and O–H groups in total. The van der Waals surface area contributed by atoms with E-state index in [0.29, 0.717) is 6.42 Å². The number of nitrogens with zero attached hydrogens (tertiary/aromatic N) is 2. The van der Waals surface area contributed by atoms with Gasteiger partial charge >= 0.3 is 5.97 Å². The van der Waals surface area contributed by atoms with Crippen molar-refractivity contribution >= 4 is 27.8 Å². The van der Waals surface area contributed by atoms with Gasteiger partial charge in [0.05, 0.1) is 5.92 Å². The zero-order valence-electron chi connectivity index (χ0n) is 20.4. The van der Waals surface area contributed by atoms with E-state index in [2.05, 4.69) is 86.5 Å². The minimum absolute atomic E-state index is 0.346. The number of rotatable bonds is 5. The Kier molecular flexibility index (Phi) is 7.12. The van der Waals surface area contributed by atoms with Gasteiger partial charge in [-0.15, -0.1) is 0 Å². The molecule has 0 fully saturated rings. The minimum atomic E-state index is -0.741. The lowest BCUT2D eigenvalue weighted by molar-refractivity contribution is -0.141. The lowest BCUT2D eigenvalue weighted by Crippen LogP contribution is -2.11. The summed E-state index contributed by atoms with van der Waals surface area (Å²) < 4.78 is 4.28. The summed E-state index contributed by atoms with van der Waals surface area (Å²) in [5.41, 5.74) is 7.64. The van der Waals surface area contributed by atoms with Gasteiger partial charge in [-0.25, -0.2) is 0 Å². The van der Waals surface area contributed by atoms with Crippen molar-refractivity contribution < 1.29 is 9.90 Å². The largest absolute Gasteiger partial charge is 0.481 e. The van der Waals surface area contributed by atoms with Crippen molar-refractivity contribution in [3.63, 3.8) is 0 Å². The number of aryl methyl sites for hydroxylation is 4. The average molecular weight is 433 g/mol. The minimum Gasteiger partial charge on any atom is -0.481 e. The van der Waals surface area contributed by atoms with Crippen LogP contribution in [-0.4, -0.2) is 20.2 Å². The summed E-state index contributed by atoms with van der Waals surface area (Å²) in [5, 5.41) is 11.6. The van der Waals surface area contributed by atoms with Crippen molar-refractivity contribution in [2.75, 3.05) is 0 Å². The van der Waals surface area contributed by atoms with E-state index < -0.39 is 5.97 Å². The summed E-state index contributed by atoms with van der Waals surface area (Å²) in [7, 11) is 4.12. The van der Waals surface area contributed by atoms with Gasteiger partial charge in [0.1, 0.15) is 0 Å². The summed E-state index contributed by atoms with van der Waals surface area (Å²) in [5.74, 6) is -0.369. The fourth-order valence-corrected chi connectivity index (χ4v) is 4.36. The van der Waals surface area contributed by atoms with Crippen molar-refractivity contribution in [1.29, 1.82) is 0 Å². The number of carboxylic acid groups (broad SMARTS) is 1. The molecule has 4 aromatic rings. The van der Waals surface area contributed by atoms with E-state index >= 15 is 0 Å². The molecule has 0 unspecified atom stereocenters. The number of aliphatic carboxylic acids is 1. The first-order valence-corrected chi connectivity index (χ1v) is 11.4. The van der Waals surface area contributed by atoms with Crippen LogP contribution in [-0.2, 0) is 31.7 Å². The molecule has 2 heterocycles. The Labute approximate surface area is 191 Å². The second kappa shape index (κ2) is 9.64. The Morgan fingerprint density at radius 3 is 1.66 bits per heavy atom. The molecule has 0 aliphatic heterocycles. The highest BCUT2D eigenvalue weighted by Gasteiger charge is 2.15. The molecule has 0 bridgehead atoms. The Balaban J connectivity index is 0.000000182. The quantitative estimate of drug-likeness (QED) is 0.395. The third-order valence-electron chi connectivity index (χ3n) is 6.03. The topological polar surface area (TPSA) is 47.2 Å². The molecule has 4 nitrogen and oxygen atoms in total. The SMILES string of the molecule is Cc1ccc2c(c1)c(CC(C)C)cn2C.Cc1ccc2c(c1)c(C[C@H](C)C(=O)O)cn2C. The molecule has 2 aromatic carbocycles. The first-order chi connectivity index (χ1) is 15.1. The van der Waals surface area contributed by atoms with Gasteiger partial charge in [0.25, 0.3) is 0 Å². The molecular weight excluding hydrogens is 396 g/mol. The highest BCUT2D eigenvalue weighted by molar-refractivity contribution is 5.85. The monoisotopic (exact) mass is 432 g/mol. The van der Waals surface area contributed by atoms with Crippen molar-refractivity contribution in [1.82, 2.24) is 9.13 Å². The van der Waals surface area contributed by atoms with E-state index in [1.165, 1.54) is 39.4 Å². The van der Waals surface area contributed by atoms with Crippen molar-refractivity contribution in [3.8, 4) is 0 Å². The smallest absolute Gasteiger partial charge is 0.306 e. The molecule has 4 heteroatoms. The van der Waals surface area contributed by atoms with Crippen LogP contribution in [0.25, 0.3) is 21.8 Å². The molecule has 170 valence electrons. The second-order valence-electron chi connectivity index (χ2n) is 9.61. The van der Waals surface area contributed by atoms with Gasteiger partial charge in [0.2, 0.25) is 0 Å². The third kappa shape index (κ3) is 5.24. The molecule has 0 spiro atoms. The lowest BCUT2D eigenvalue weighted by Gasteiger charge is -2.04. The van der Waals surface area contributed by atoms with Crippen LogP contribution in [0.1, 0.15) is 43.0 Å². The van der Waals surface area contributed by atoms with Gasteiger partial charge in [-0.3, -0.25) is 4.79 Å². The van der Waals surface area contributed by atoms with Crippen LogP contribution in [0.2, 0.25) is 0 Å². The molecule has 0 amide bonds. The summed E-state index contributed by atoms with van der Waals surface area (Å²) in [6.45, 7) is 10.5. The molecule has 32 heavy (non-hydrogen) atoms. The Bertz CT molecular complexity index is 1240. The van der Waals surface area contributed by atoms with Crippen molar-refractivity contribution in [3.05, 3.63) is 71.0 Å². The number of hydrogen-bond donors (Lipinski definition) is 1. The summed E-state index contributed by atoms with van der Waals surface area (Å²) in [6, 6.07) is 13.0. The number of carboxylic acids is 1. The molecular formula is C28H36N2O2. The molecule has 1 atom stereocenters. The van der Waals surface area contributed by atoms with E-state index in [1.54, 1.807) is 6.92 Å². The fourth-order valence-electron chi connectivity index (χ4n) is 4.36. The summed E-state index contributed by atoms with van der Waals surface area (Å²) >= 11 is 0. The van der Waals surface area contributed by atoms with Crippen LogP contribution in [0, 0.1) is 25.7 Å². The van der Waals surface area contributed by atoms with Crippen LogP contribution in [0.4, 0.5) is 0 Å². The first kappa shape index (κ1) is 23.6. The first-order valence-electron chi connectivity index (χ1n) is 11.4. The maximum absolute atomic E-state index is 10.9. The molecule has 0 saturated carbocycles. The highest BCUT2D eigenvalue weighted by Crippen LogP contribution is 2.25. The zero-order chi connectivity index (χ0) is 23.6. The summed E-state index contributed by atoms with van der Waals surface area (Å²) in [4.78, 5) is 10.9. The van der Waals surface area contributed by atoms with Crippen LogP contribution in [0.3, 0.4) is 0 Å². The molecule has 0 aliphatic carbocycles. The Hall–Kier alpha value is -3.01. The van der Waals surface area contributed by atoms with E-state index in [9.17, 15) is 4.79 Å². The van der Waals surface area contributed by atoms with Crippen LogP contribution in [0.15, 0.2) is 48.8 Å². The van der Waals surface area contributed by atoms with Gasteiger partial charge in [-0.1, -0.05) is 44.0 Å². The van der Waals surface area contributed by atoms with E-state index in [1.807, 2.05) is 13.2 Å². The molecule has 0 radical (unpaired) electrons. The Morgan fingerprint density at radius 1 is 0.812 bits per heavy atom. The predicted molar refractivity (Wildman–Crippen MR) is 134 cm³/mol. The maximum Gasteiger partial charge on any atom is 0.306 e. The zero-order valence-corrected chi connectivity index (χ0v) is 20.4. The molecule has 4 rings (SSSR count). The number of benzene rings is 2. The molecule has 0 saturated heterocycles. The van der Waals surface area contributed by atoms with Gasteiger partial charge in [0, 0.05) is 48.3 Å². The van der Waals surface area contributed by atoms with Crippen LogP contribution < -0.4 is 0 Å². The number of fused-ring (bicyclic) bond motifs is 2. The average Bonchev–Trinajstić information content (AvgIpc) is 3.17. The van der Waals surface area contributed by atoms with E-state index in [0.717, 1.165) is 17.0 Å². The van der Waals surface area contributed by atoms with E-state index in [-0.39, 0.29) is 5.92 Å². The fraction of sp³-hybridized carbons (Fsp3) is 0.393. The standard InChI is InChI=1S/C14H17NO2.C14H19N/c1-9-4-5-13-12(6-9)11(8-15(13)3)7-10(2)14(16)17;1-10(2)7-12-9-15(4)14-6-5-11(3)8-13(12)14/h4-6,8,10H,7H2,1-3H3,(H,16,17);5-6,8-10H,7H2,1-4H3/t10-;/m0./s1. The predicted octanol–water partition coefficient (Wildman–Crippen LogP) is 6.44. The van der Waals surface area contributed by atoms with Gasteiger partial charge < -0.3 is 14.2 Å².